The molecule has 1 atom stereocenters. The maximum atomic E-state index is 12.4. The van der Waals surface area contributed by atoms with Crippen LogP contribution in [0.1, 0.15) is 12.0 Å². The van der Waals surface area contributed by atoms with Gasteiger partial charge in [-0.2, -0.15) is 13.2 Å². The molecule has 1 saturated heterocycles. The number of benzene rings is 1. The molecule has 0 aliphatic carbocycles. The number of rotatable bonds is 2. The molecule has 0 saturated carbocycles. The van der Waals surface area contributed by atoms with Gasteiger partial charge in [0.2, 0.25) is 0 Å². The van der Waals surface area contributed by atoms with E-state index >= 15 is 0 Å². The summed E-state index contributed by atoms with van der Waals surface area (Å²) in [5.41, 5.74) is 4.47. The van der Waals surface area contributed by atoms with Gasteiger partial charge in [-0.15, -0.1) is 0 Å². The Morgan fingerprint density at radius 3 is 2.47 bits per heavy atom. The summed E-state index contributed by atoms with van der Waals surface area (Å²) in [6.45, 7) is 0. The smallest absolute Gasteiger partial charge is 0.416 e. The summed E-state index contributed by atoms with van der Waals surface area (Å²) in [5, 5.41) is 0. The minimum atomic E-state index is -4.47. The fourth-order valence-electron chi connectivity index (χ4n) is 1.87. The molecule has 106 valence electrons. The highest BCUT2D eigenvalue weighted by Crippen LogP contribution is 2.34. The van der Waals surface area contributed by atoms with E-state index in [1.807, 2.05) is 0 Å². The number of hydrogen-bond acceptors (Lipinski definition) is 4. The molecule has 1 aliphatic heterocycles. The summed E-state index contributed by atoms with van der Waals surface area (Å²) >= 11 is 0. The molecule has 2 rings (SSSR count). The van der Waals surface area contributed by atoms with E-state index in [-0.39, 0.29) is 22.9 Å². The highest BCUT2D eigenvalue weighted by molar-refractivity contribution is 7.91. The van der Waals surface area contributed by atoms with E-state index < -0.39 is 27.7 Å². The minimum Gasteiger partial charge on any atom is -0.487 e. The Morgan fingerprint density at radius 2 is 2.00 bits per heavy atom. The lowest BCUT2D eigenvalue weighted by molar-refractivity contribution is -0.137. The zero-order valence-electron chi connectivity index (χ0n) is 9.77. The minimum absolute atomic E-state index is 0.0260. The van der Waals surface area contributed by atoms with Crippen LogP contribution in [0.5, 0.6) is 5.75 Å². The third-order valence-corrected chi connectivity index (χ3v) is 4.56. The number of alkyl halides is 3. The molecular weight excluding hydrogens is 283 g/mol. The average Bonchev–Trinajstić information content (AvgIpc) is 2.59. The van der Waals surface area contributed by atoms with Crippen molar-refractivity contribution in [3.8, 4) is 5.75 Å². The van der Waals surface area contributed by atoms with Gasteiger partial charge in [-0.05, 0) is 24.6 Å². The van der Waals surface area contributed by atoms with Crippen molar-refractivity contribution in [1.29, 1.82) is 0 Å². The predicted octanol–water partition coefficient (Wildman–Crippen LogP) is 1.85. The largest absolute Gasteiger partial charge is 0.487 e. The number of ether oxygens (including phenoxy) is 1. The van der Waals surface area contributed by atoms with Gasteiger partial charge in [0.1, 0.15) is 11.9 Å². The Bertz CT molecular complexity index is 583. The quantitative estimate of drug-likeness (QED) is 0.845. The Hall–Kier alpha value is -1.44. The van der Waals surface area contributed by atoms with E-state index in [2.05, 4.69) is 0 Å². The Labute approximate surface area is 108 Å². The summed E-state index contributed by atoms with van der Waals surface area (Å²) in [6.07, 6.45) is -4.70. The highest BCUT2D eigenvalue weighted by atomic mass is 32.2. The molecule has 8 heteroatoms. The first-order chi connectivity index (χ1) is 8.67. The second-order valence-electron chi connectivity index (χ2n) is 4.39. The van der Waals surface area contributed by atoms with Crippen molar-refractivity contribution >= 4 is 15.5 Å². The lowest BCUT2D eigenvalue weighted by Crippen LogP contribution is -2.18. The lowest BCUT2D eigenvalue weighted by atomic mass is 10.2. The van der Waals surface area contributed by atoms with E-state index in [0.29, 0.717) is 6.42 Å². The van der Waals surface area contributed by atoms with Gasteiger partial charge >= 0.3 is 6.18 Å². The zero-order valence-corrected chi connectivity index (χ0v) is 10.6. The fourth-order valence-corrected chi connectivity index (χ4v) is 3.46. The second kappa shape index (κ2) is 4.59. The molecule has 1 aliphatic rings. The molecule has 4 nitrogen and oxygen atoms in total. The summed E-state index contributed by atoms with van der Waals surface area (Å²) in [7, 11) is -3.11. The van der Waals surface area contributed by atoms with Crippen molar-refractivity contribution in [3.63, 3.8) is 0 Å². The number of nitrogen functional groups attached to an aromatic ring is 1. The van der Waals surface area contributed by atoms with Gasteiger partial charge in [-0.3, -0.25) is 0 Å². The summed E-state index contributed by atoms with van der Waals surface area (Å²) in [5.74, 6) is -0.0267. The molecule has 0 radical (unpaired) electrons. The predicted molar refractivity (Wildman–Crippen MR) is 63.5 cm³/mol. The zero-order chi connectivity index (χ0) is 14.3. The van der Waals surface area contributed by atoms with Crippen LogP contribution in [0.2, 0.25) is 0 Å². The highest BCUT2D eigenvalue weighted by Gasteiger charge is 2.32. The Kier molecular flexibility index (Phi) is 3.38. The van der Waals surface area contributed by atoms with E-state index in [0.717, 1.165) is 18.2 Å². The molecule has 2 N–H and O–H groups in total. The van der Waals surface area contributed by atoms with Crippen LogP contribution in [0.15, 0.2) is 18.2 Å². The van der Waals surface area contributed by atoms with Gasteiger partial charge < -0.3 is 10.5 Å². The SMILES string of the molecule is Nc1cc(C(F)(F)F)ccc1OC1CCS(=O)(=O)C1. The van der Waals surface area contributed by atoms with Crippen LogP contribution in [0.25, 0.3) is 0 Å². The third kappa shape index (κ3) is 3.31. The molecular formula is C11H12F3NO3S. The van der Waals surface area contributed by atoms with Gasteiger partial charge in [-0.25, -0.2) is 8.42 Å². The van der Waals surface area contributed by atoms with Gasteiger partial charge in [0.15, 0.2) is 9.84 Å². The van der Waals surface area contributed by atoms with E-state index in [4.69, 9.17) is 10.5 Å². The number of anilines is 1. The molecule has 0 bridgehead atoms. The molecule has 0 aromatic heterocycles. The number of nitrogens with two attached hydrogens (primary N) is 1. The molecule has 1 unspecified atom stereocenters. The van der Waals surface area contributed by atoms with Crippen LogP contribution in [-0.2, 0) is 16.0 Å². The van der Waals surface area contributed by atoms with Crippen LogP contribution < -0.4 is 10.5 Å². The van der Waals surface area contributed by atoms with Crippen molar-refractivity contribution in [2.75, 3.05) is 17.2 Å². The molecule has 0 amide bonds. The van der Waals surface area contributed by atoms with E-state index in [1.54, 1.807) is 0 Å². The van der Waals surface area contributed by atoms with Gasteiger partial charge in [0.05, 0.1) is 22.8 Å². The first kappa shape index (κ1) is 14.0. The average molecular weight is 295 g/mol. The summed E-state index contributed by atoms with van der Waals surface area (Å²) in [6, 6.07) is 2.75. The van der Waals surface area contributed by atoms with Crippen LogP contribution >= 0.6 is 0 Å². The standard InChI is InChI=1S/C11H12F3NO3S/c12-11(13,14)7-1-2-10(9(15)5-7)18-8-3-4-19(16,17)6-8/h1-2,5,8H,3-4,6,15H2. The van der Waals surface area contributed by atoms with Gasteiger partial charge in [0, 0.05) is 0 Å². The van der Waals surface area contributed by atoms with Crippen LogP contribution in [0.4, 0.5) is 18.9 Å². The number of hydrogen-bond donors (Lipinski definition) is 1. The molecule has 1 aromatic rings. The van der Waals surface area contributed by atoms with Crippen molar-refractivity contribution in [2.24, 2.45) is 0 Å². The third-order valence-electron chi connectivity index (χ3n) is 2.82. The van der Waals surface area contributed by atoms with Crippen LogP contribution in [0.3, 0.4) is 0 Å². The Morgan fingerprint density at radius 1 is 1.32 bits per heavy atom. The van der Waals surface area contributed by atoms with Crippen molar-refractivity contribution in [1.82, 2.24) is 0 Å². The van der Waals surface area contributed by atoms with Crippen molar-refractivity contribution < 1.29 is 26.3 Å². The van der Waals surface area contributed by atoms with Crippen molar-refractivity contribution in [3.05, 3.63) is 23.8 Å². The van der Waals surface area contributed by atoms with Crippen LogP contribution in [-0.4, -0.2) is 26.0 Å². The topological polar surface area (TPSA) is 69.4 Å². The molecule has 1 fully saturated rings. The summed E-state index contributed by atoms with van der Waals surface area (Å²) in [4.78, 5) is 0. The maximum absolute atomic E-state index is 12.4. The number of halogens is 3. The van der Waals surface area contributed by atoms with Gasteiger partial charge in [-0.1, -0.05) is 0 Å². The molecule has 1 heterocycles. The van der Waals surface area contributed by atoms with E-state index in [1.165, 1.54) is 0 Å². The monoisotopic (exact) mass is 295 g/mol. The second-order valence-corrected chi connectivity index (χ2v) is 6.62. The summed E-state index contributed by atoms with van der Waals surface area (Å²) < 4.78 is 65.1. The van der Waals surface area contributed by atoms with Gasteiger partial charge in [0.25, 0.3) is 0 Å². The van der Waals surface area contributed by atoms with Crippen LogP contribution in [0, 0.1) is 0 Å². The first-order valence-electron chi connectivity index (χ1n) is 5.51. The lowest BCUT2D eigenvalue weighted by Gasteiger charge is -2.15. The Balaban J connectivity index is 2.15. The molecule has 0 spiro atoms. The first-order valence-corrected chi connectivity index (χ1v) is 7.33. The molecule has 19 heavy (non-hydrogen) atoms. The maximum Gasteiger partial charge on any atom is 0.416 e. The number of sulfone groups is 1. The van der Waals surface area contributed by atoms with Crippen molar-refractivity contribution in [2.45, 2.75) is 18.7 Å². The normalized spacial score (nSPS) is 22.4. The van der Waals surface area contributed by atoms with E-state index in [9.17, 15) is 21.6 Å². The molecule has 1 aromatic carbocycles. The fraction of sp³-hybridized carbons (Fsp3) is 0.455.